The van der Waals surface area contributed by atoms with E-state index in [2.05, 4.69) is 14.9 Å². The van der Waals surface area contributed by atoms with Gasteiger partial charge in [0.1, 0.15) is 0 Å². The van der Waals surface area contributed by atoms with Gasteiger partial charge in [0.05, 0.1) is 0 Å². The Morgan fingerprint density at radius 1 is 1.15 bits per heavy atom. The lowest BCUT2D eigenvalue weighted by molar-refractivity contribution is -0.154. The van der Waals surface area contributed by atoms with Crippen LogP contribution in [0.3, 0.4) is 0 Å². The summed E-state index contributed by atoms with van der Waals surface area (Å²) in [6, 6.07) is 12.3. The summed E-state index contributed by atoms with van der Waals surface area (Å²) >= 11 is 0. The van der Waals surface area contributed by atoms with Gasteiger partial charge in [-0.1, -0.05) is 37.3 Å². The van der Waals surface area contributed by atoms with E-state index in [1.807, 2.05) is 37.3 Å². The zero-order valence-corrected chi connectivity index (χ0v) is 14.5. The van der Waals surface area contributed by atoms with Crippen LogP contribution in [0.15, 0.2) is 42.5 Å². The van der Waals surface area contributed by atoms with E-state index in [1.165, 1.54) is 12.1 Å². The second-order valence-corrected chi connectivity index (χ2v) is 5.83. The maximum absolute atomic E-state index is 12.6. The third kappa shape index (κ3) is 5.72. The minimum Gasteiger partial charge on any atom is -0.467 e. The van der Waals surface area contributed by atoms with Crippen LogP contribution in [0.2, 0.25) is 0 Å². The van der Waals surface area contributed by atoms with Gasteiger partial charge < -0.3 is 9.64 Å². The van der Waals surface area contributed by atoms with Gasteiger partial charge in [-0.15, -0.1) is 10.2 Å². The van der Waals surface area contributed by atoms with Crippen LogP contribution in [0.4, 0.5) is 13.2 Å². The van der Waals surface area contributed by atoms with Crippen molar-refractivity contribution in [2.75, 3.05) is 13.7 Å². The van der Waals surface area contributed by atoms with Crippen molar-refractivity contribution < 1.29 is 22.7 Å². The zero-order valence-electron chi connectivity index (χ0n) is 14.5. The molecular weight excluding hydrogens is 347 g/mol. The summed E-state index contributed by atoms with van der Waals surface area (Å²) < 4.78 is 40.9. The summed E-state index contributed by atoms with van der Waals surface area (Å²) in [6.07, 6.45) is -3.01. The first kappa shape index (κ1) is 19.7. The highest BCUT2D eigenvalue weighted by Crippen LogP contribution is 2.17. The molecular formula is C18H20F3N3O2. The average molecular weight is 367 g/mol. The standard InChI is InChI=1S/C18H20F3N3O2/c1-3-14(11-13-7-5-4-6-8-13)24(2)17(25)15-9-10-16(23-22-15)26-12-18(19,20)21/h4-10,14H,3,11-12H2,1-2H3. The fraction of sp³-hybridized carbons (Fsp3) is 0.389. The summed E-state index contributed by atoms with van der Waals surface area (Å²) in [5, 5.41) is 7.23. The number of likely N-dealkylation sites (N-methyl/N-ethyl adjacent to an activating group) is 1. The lowest BCUT2D eigenvalue weighted by atomic mass is 10.0. The summed E-state index contributed by atoms with van der Waals surface area (Å²) in [5.41, 5.74) is 1.17. The van der Waals surface area contributed by atoms with E-state index in [1.54, 1.807) is 11.9 Å². The van der Waals surface area contributed by atoms with Gasteiger partial charge >= 0.3 is 6.18 Å². The summed E-state index contributed by atoms with van der Waals surface area (Å²) in [6.45, 7) is 0.529. The molecule has 0 spiro atoms. The van der Waals surface area contributed by atoms with Crippen molar-refractivity contribution in [3.05, 3.63) is 53.7 Å². The van der Waals surface area contributed by atoms with Gasteiger partial charge in [0.2, 0.25) is 5.88 Å². The van der Waals surface area contributed by atoms with E-state index in [-0.39, 0.29) is 23.5 Å². The van der Waals surface area contributed by atoms with Gasteiger partial charge in [-0.3, -0.25) is 4.79 Å². The summed E-state index contributed by atoms with van der Waals surface area (Å²) in [4.78, 5) is 14.1. The lowest BCUT2D eigenvalue weighted by Gasteiger charge is -2.27. The van der Waals surface area contributed by atoms with Crippen LogP contribution in [-0.2, 0) is 6.42 Å². The van der Waals surface area contributed by atoms with E-state index < -0.39 is 12.8 Å². The van der Waals surface area contributed by atoms with Crippen molar-refractivity contribution in [1.29, 1.82) is 0 Å². The number of hydrogen-bond acceptors (Lipinski definition) is 4. The molecule has 5 nitrogen and oxygen atoms in total. The van der Waals surface area contributed by atoms with Crippen LogP contribution in [0, 0.1) is 0 Å². The highest BCUT2D eigenvalue weighted by Gasteiger charge is 2.29. The summed E-state index contributed by atoms with van der Waals surface area (Å²) in [7, 11) is 1.68. The number of rotatable bonds is 7. The second kappa shape index (κ2) is 8.64. The normalized spacial score (nSPS) is 12.5. The molecule has 0 fully saturated rings. The van der Waals surface area contributed by atoms with Crippen LogP contribution in [0.5, 0.6) is 5.88 Å². The van der Waals surface area contributed by atoms with Crippen LogP contribution >= 0.6 is 0 Å². The predicted octanol–water partition coefficient (Wildman–Crippen LogP) is 3.51. The number of carbonyl (C=O) groups excluding carboxylic acids is 1. The molecule has 140 valence electrons. The van der Waals surface area contributed by atoms with Crippen LogP contribution in [0.1, 0.15) is 29.4 Å². The Balaban J connectivity index is 2.02. The molecule has 1 amide bonds. The number of nitrogens with zero attached hydrogens (tertiary/aromatic N) is 3. The number of halogens is 3. The minimum absolute atomic E-state index is 0.0344. The van der Waals surface area contributed by atoms with E-state index >= 15 is 0 Å². The van der Waals surface area contributed by atoms with Crippen molar-refractivity contribution in [1.82, 2.24) is 15.1 Å². The minimum atomic E-state index is -4.46. The SMILES string of the molecule is CCC(Cc1ccccc1)N(C)C(=O)c1ccc(OCC(F)(F)F)nn1. The van der Waals surface area contributed by atoms with Crippen molar-refractivity contribution >= 4 is 5.91 Å². The first-order valence-corrected chi connectivity index (χ1v) is 8.14. The number of ether oxygens (including phenoxy) is 1. The fourth-order valence-corrected chi connectivity index (χ4v) is 2.45. The molecule has 0 saturated carbocycles. The van der Waals surface area contributed by atoms with Gasteiger partial charge in [-0.25, -0.2) is 0 Å². The van der Waals surface area contributed by atoms with Crippen molar-refractivity contribution in [3.63, 3.8) is 0 Å². The largest absolute Gasteiger partial charge is 0.467 e. The number of aromatic nitrogens is 2. The molecule has 0 aliphatic heterocycles. The highest BCUT2D eigenvalue weighted by atomic mass is 19.4. The molecule has 2 rings (SSSR count). The van der Waals surface area contributed by atoms with Crippen LogP contribution in [0.25, 0.3) is 0 Å². The molecule has 0 saturated heterocycles. The molecule has 1 aromatic carbocycles. The Morgan fingerprint density at radius 3 is 2.38 bits per heavy atom. The van der Waals surface area contributed by atoms with E-state index in [0.29, 0.717) is 6.42 Å². The molecule has 0 aliphatic rings. The van der Waals surface area contributed by atoms with Crippen molar-refractivity contribution in [3.8, 4) is 5.88 Å². The van der Waals surface area contributed by atoms with E-state index in [0.717, 1.165) is 12.0 Å². The maximum atomic E-state index is 12.6. The number of hydrogen-bond donors (Lipinski definition) is 0. The molecule has 26 heavy (non-hydrogen) atoms. The maximum Gasteiger partial charge on any atom is 0.422 e. The molecule has 1 unspecified atom stereocenters. The molecule has 0 radical (unpaired) electrons. The number of alkyl halides is 3. The Hall–Kier alpha value is -2.64. The molecule has 0 aliphatic carbocycles. The molecule has 0 N–H and O–H groups in total. The highest BCUT2D eigenvalue weighted by molar-refractivity contribution is 5.92. The average Bonchev–Trinajstić information content (AvgIpc) is 2.64. The predicted molar refractivity (Wildman–Crippen MR) is 89.9 cm³/mol. The van der Waals surface area contributed by atoms with Gasteiger partial charge in [-0.05, 0) is 24.5 Å². The Morgan fingerprint density at radius 2 is 1.85 bits per heavy atom. The first-order valence-electron chi connectivity index (χ1n) is 8.14. The molecule has 1 aromatic heterocycles. The van der Waals surface area contributed by atoms with Crippen LogP contribution in [-0.4, -0.2) is 46.9 Å². The number of benzene rings is 1. The fourth-order valence-electron chi connectivity index (χ4n) is 2.45. The smallest absolute Gasteiger partial charge is 0.422 e. The van der Waals surface area contributed by atoms with Crippen molar-refractivity contribution in [2.24, 2.45) is 0 Å². The van der Waals surface area contributed by atoms with Gasteiger partial charge in [-0.2, -0.15) is 13.2 Å². The Bertz CT molecular complexity index is 706. The molecule has 1 heterocycles. The van der Waals surface area contributed by atoms with E-state index in [9.17, 15) is 18.0 Å². The molecule has 2 aromatic rings. The quantitative estimate of drug-likeness (QED) is 0.752. The van der Waals surface area contributed by atoms with Crippen LogP contribution < -0.4 is 4.74 Å². The lowest BCUT2D eigenvalue weighted by Crippen LogP contribution is -2.38. The summed E-state index contributed by atoms with van der Waals surface area (Å²) in [5.74, 6) is -0.625. The Kier molecular flexibility index (Phi) is 6.54. The third-order valence-corrected chi connectivity index (χ3v) is 3.90. The third-order valence-electron chi connectivity index (χ3n) is 3.90. The molecule has 8 heteroatoms. The van der Waals surface area contributed by atoms with Gasteiger partial charge in [0, 0.05) is 19.2 Å². The molecule has 0 bridgehead atoms. The first-order chi connectivity index (χ1) is 12.3. The monoisotopic (exact) mass is 367 g/mol. The van der Waals surface area contributed by atoms with E-state index in [4.69, 9.17) is 0 Å². The number of amides is 1. The Labute approximate surface area is 149 Å². The van der Waals surface area contributed by atoms with Crippen molar-refractivity contribution in [2.45, 2.75) is 32.0 Å². The second-order valence-electron chi connectivity index (χ2n) is 5.83. The number of carbonyl (C=O) groups is 1. The molecule has 1 atom stereocenters. The van der Waals surface area contributed by atoms with Gasteiger partial charge in [0.15, 0.2) is 12.3 Å². The van der Waals surface area contributed by atoms with Gasteiger partial charge in [0.25, 0.3) is 5.91 Å². The zero-order chi connectivity index (χ0) is 19.2. The topological polar surface area (TPSA) is 55.3 Å².